The minimum Gasteiger partial charge on any atom is -0.377 e. The van der Waals surface area contributed by atoms with Crippen LogP contribution in [0.3, 0.4) is 0 Å². The van der Waals surface area contributed by atoms with Gasteiger partial charge in [-0.15, -0.1) is 0 Å². The molecule has 0 aliphatic carbocycles. The summed E-state index contributed by atoms with van der Waals surface area (Å²) in [5.74, 6) is 0. The third-order valence-electron chi connectivity index (χ3n) is 3.30. The number of halogens is 2. The first-order valence-corrected chi connectivity index (χ1v) is 7.70. The molecule has 19 heavy (non-hydrogen) atoms. The Morgan fingerprint density at radius 2 is 1.95 bits per heavy atom. The Morgan fingerprint density at radius 1 is 1.26 bits per heavy atom. The highest BCUT2D eigenvalue weighted by Crippen LogP contribution is 2.30. The van der Waals surface area contributed by atoms with Crippen LogP contribution in [0.1, 0.15) is 29.9 Å². The molecule has 0 aliphatic heterocycles. The van der Waals surface area contributed by atoms with Crippen LogP contribution in [0.15, 0.2) is 27.1 Å². The molecule has 0 spiro atoms. The fourth-order valence-electron chi connectivity index (χ4n) is 2.33. The lowest BCUT2D eigenvalue weighted by Gasteiger charge is -2.17. The molecule has 0 saturated heterocycles. The first-order chi connectivity index (χ1) is 8.90. The highest BCUT2D eigenvalue weighted by Gasteiger charge is 2.16. The van der Waals surface area contributed by atoms with Crippen molar-refractivity contribution in [3.63, 3.8) is 0 Å². The number of aryl methyl sites for hydroxylation is 2. The SMILES string of the molecule is Cc1nn(C)c(C)c1C(C)Nc1ccc(Br)cc1Br. The van der Waals surface area contributed by atoms with Gasteiger partial charge < -0.3 is 5.32 Å². The third kappa shape index (κ3) is 3.03. The fraction of sp³-hybridized carbons (Fsp3) is 0.357. The van der Waals surface area contributed by atoms with E-state index in [4.69, 9.17) is 0 Å². The van der Waals surface area contributed by atoms with Gasteiger partial charge in [0.25, 0.3) is 0 Å². The molecule has 3 nitrogen and oxygen atoms in total. The van der Waals surface area contributed by atoms with E-state index < -0.39 is 0 Å². The molecule has 1 unspecified atom stereocenters. The van der Waals surface area contributed by atoms with Crippen molar-refractivity contribution in [1.82, 2.24) is 9.78 Å². The van der Waals surface area contributed by atoms with Gasteiger partial charge in [0.1, 0.15) is 0 Å². The maximum Gasteiger partial charge on any atom is 0.0649 e. The van der Waals surface area contributed by atoms with Gasteiger partial charge >= 0.3 is 0 Å². The quantitative estimate of drug-likeness (QED) is 0.825. The Labute approximate surface area is 130 Å². The molecule has 0 bridgehead atoms. The van der Waals surface area contributed by atoms with Crippen LogP contribution in [0.2, 0.25) is 0 Å². The van der Waals surface area contributed by atoms with E-state index in [2.05, 4.69) is 69.1 Å². The number of nitrogens with one attached hydrogen (secondary N) is 1. The molecule has 0 fully saturated rings. The van der Waals surface area contributed by atoms with Gasteiger partial charge in [0.2, 0.25) is 0 Å². The van der Waals surface area contributed by atoms with Crippen LogP contribution in [0.25, 0.3) is 0 Å². The average molecular weight is 387 g/mol. The lowest BCUT2D eigenvalue weighted by molar-refractivity contribution is 0.728. The Bertz CT molecular complexity index is 605. The van der Waals surface area contributed by atoms with Crippen LogP contribution in [0.5, 0.6) is 0 Å². The number of benzene rings is 1. The van der Waals surface area contributed by atoms with Crippen molar-refractivity contribution in [2.45, 2.75) is 26.8 Å². The van der Waals surface area contributed by atoms with Crippen molar-refractivity contribution < 1.29 is 0 Å². The summed E-state index contributed by atoms with van der Waals surface area (Å²) in [7, 11) is 1.98. The van der Waals surface area contributed by atoms with E-state index in [1.807, 2.05) is 23.9 Å². The Hall–Kier alpha value is -0.810. The lowest BCUT2D eigenvalue weighted by atomic mass is 10.1. The van der Waals surface area contributed by atoms with Gasteiger partial charge in [-0.3, -0.25) is 4.68 Å². The molecule has 1 atom stereocenters. The zero-order valence-corrected chi connectivity index (χ0v) is 14.6. The molecule has 1 N–H and O–H groups in total. The second-order valence-electron chi connectivity index (χ2n) is 4.70. The second kappa shape index (κ2) is 5.67. The topological polar surface area (TPSA) is 29.9 Å². The highest BCUT2D eigenvalue weighted by molar-refractivity contribution is 9.11. The monoisotopic (exact) mass is 385 g/mol. The predicted molar refractivity (Wildman–Crippen MR) is 86.6 cm³/mol. The zero-order chi connectivity index (χ0) is 14.2. The summed E-state index contributed by atoms with van der Waals surface area (Å²) in [4.78, 5) is 0. The van der Waals surface area contributed by atoms with Gasteiger partial charge in [-0.2, -0.15) is 5.10 Å². The summed E-state index contributed by atoms with van der Waals surface area (Å²) in [5, 5.41) is 7.99. The number of aromatic nitrogens is 2. The van der Waals surface area contributed by atoms with Crippen molar-refractivity contribution in [3.8, 4) is 0 Å². The third-order valence-corrected chi connectivity index (χ3v) is 4.45. The zero-order valence-electron chi connectivity index (χ0n) is 11.5. The largest absolute Gasteiger partial charge is 0.377 e. The molecule has 0 saturated carbocycles. The highest BCUT2D eigenvalue weighted by atomic mass is 79.9. The average Bonchev–Trinajstić information content (AvgIpc) is 2.57. The van der Waals surface area contributed by atoms with Crippen molar-refractivity contribution in [3.05, 3.63) is 44.1 Å². The van der Waals surface area contributed by atoms with Gasteiger partial charge in [-0.05, 0) is 54.9 Å². The molecule has 0 radical (unpaired) electrons. The summed E-state index contributed by atoms with van der Waals surface area (Å²) in [5.41, 5.74) is 4.62. The van der Waals surface area contributed by atoms with Crippen LogP contribution in [-0.4, -0.2) is 9.78 Å². The molecule has 2 aromatic rings. The van der Waals surface area contributed by atoms with Gasteiger partial charge in [0.15, 0.2) is 0 Å². The number of nitrogens with zero attached hydrogens (tertiary/aromatic N) is 2. The molecule has 1 aromatic carbocycles. The summed E-state index contributed by atoms with van der Waals surface area (Å²) < 4.78 is 4.04. The smallest absolute Gasteiger partial charge is 0.0649 e. The predicted octanol–water partition coefficient (Wildman–Crippen LogP) is 4.74. The molecule has 1 heterocycles. The summed E-state index contributed by atoms with van der Waals surface area (Å²) in [6.45, 7) is 6.31. The summed E-state index contributed by atoms with van der Waals surface area (Å²) in [6.07, 6.45) is 0. The Morgan fingerprint density at radius 3 is 2.47 bits per heavy atom. The maximum absolute atomic E-state index is 4.47. The molecule has 102 valence electrons. The van der Waals surface area contributed by atoms with E-state index in [1.54, 1.807) is 0 Å². The van der Waals surface area contributed by atoms with E-state index in [0.717, 1.165) is 20.3 Å². The van der Waals surface area contributed by atoms with E-state index in [9.17, 15) is 0 Å². The summed E-state index contributed by atoms with van der Waals surface area (Å²) in [6, 6.07) is 6.35. The van der Waals surface area contributed by atoms with Gasteiger partial charge in [-0.1, -0.05) is 15.9 Å². The second-order valence-corrected chi connectivity index (χ2v) is 6.47. The first-order valence-electron chi connectivity index (χ1n) is 6.12. The standard InChI is InChI=1S/C14H17Br2N3/c1-8(14-9(2)18-19(4)10(14)3)17-13-6-5-11(15)7-12(13)16/h5-8,17H,1-4H3. The Balaban J connectivity index is 2.28. The van der Waals surface area contributed by atoms with Crippen molar-refractivity contribution in [1.29, 1.82) is 0 Å². The van der Waals surface area contributed by atoms with Gasteiger partial charge in [-0.25, -0.2) is 0 Å². The number of anilines is 1. The van der Waals surface area contributed by atoms with Gasteiger partial charge in [0.05, 0.1) is 11.7 Å². The van der Waals surface area contributed by atoms with Crippen LogP contribution in [-0.2, 0) is 7.05 Å². The van der Waals surface area contributed by atoms with Crippen molar-refractivity contribution >= 4 is 37.5 Å². The lowest BCUT2D eigenvalue weighted by Crippen LogP contribution is -2.09. The molecule has 5 heteroatoms. The minimum absolute atomic E-state index is 0.214. The first kappa shape index (κ1) is 14.6. The van der Waals surface area contributed by atoms with E-state index >= 15 is 0 Å². The summed E-state index contributed by atoms with van der Waals surface area (Å²) >= 11 is 7.04. The number of hydrogen-bond acceptors (Lipinski definition) is 2. The molecule has 0 amide bonds. The van der Waals surface area contributed by atoms with E-state index in [0.29, 0.717) is 0 Å². The molecular formula is C14H17Br2N3. The van der Waals surface area contributed by atoms with E-state index in [1.165, 1.54) is 11.3 Å². The fourth-order valence-corrected chi connectivity index (χ4v) is 3.49. The van der Waals surface area contributed by atoms with Crippen molar-refractivity contribution in [2.75, 3.05) is 5.32 Å². The molecule has 2 rings (SSSR count). The van der Waals surface area contributed by atoms with Gasteiger partial charge in [0, 0.05) is 32.9 Å². The number of hydrogen-bond donors (Lipinski definition) is 1. The minimum atomic E-state index is 0.214. The van der Waals surface area contributed by atoms with Crippen molar-refractivity contribution in [2.24, 2.45) is 7.05 Å². The molecular weight excluding hydrogens is 370 g/mol. The van der Waals surface area contributed by atoms with Crippen LogP contribution in [0.4, 0.5) is 5.69 Å². The number of rotatable bonds is 3. The van der Waals surface area contributed by atoms with Crippen LogP contribution >= 0.6 is 31.9 Å². The van der Waals surface area contributed by atoms with Crippen LogP contribution < -0.4 is 5.32 Å². The Kier molecular flexibility index (Phi) is 4.36. The molecule has 1 aromatic heterocycles. The normalized spacial score (nSPS) is 12.5. The van der Waals surface area contributed by atoms with Crippen LogP contribution in [0, 0.1) is 13.8 Å². The maximum atomic E-state index is 4.47. The molecule has 0 aliphatic rings. The van der Waals surface area contributed by atoms with E-state index in [-0.39, 0.29) is 6.04 Å².